The molecular formula is C29H29N5O4. The molecule has 0 bridgehead atoms. The second-order valence-corrected chi connectivity index (χ2v) is 9.01. The maximum absolute atomic E-state index is 11.2. The van der Waals surface area contributed by atoms with Gasteiger partial charge in [-0.2, -0.15) is 0 Å². The minimum absolute atomic E-state index is 0.482. The molecule has 9 heteroatoms. The van der Waals surface area contributed by atoms with Gasteiger partial charge in [0, 0.05) is 44.4 Å². The van der Waals surface area contributed by atoms with E-state index >= 15 is 0 Å². The molecule has 0 fully saturated rings. The van der Waals surface area contributed by atoms with E-state index in [0.29, 0.717) is 11.4 Å². The Morgan fingerprint density at radius 3 is 1.63 bits per heavy atom. The van der Waals surface area contributed by atoms with Crippen LogP contribution in [0.15, 0.2) is 76.0 Å². The zero-order valence-corrected chi connectivity index (χ0v) is 22.2. The first-order valence-electron chi connectivity index (χ1n) is 12.0. The van der Waals surface area contributed by atoms with Gasteiger partial charge in [-0.15, -0.1) is 0 Å². The Morgan fingerprint density at radius 2 is 1.21 bits per heavy atom. The number of carbonyl (C=O) groups is 2. The number of benzene rings is 3. The summed E-state index contributed by atoms with van der Waals surface area (Å²) in [5.41, 5.74) is 6.55. The third-order valence-corrected chi connectivity index (χ3v) is 5.95. The fourth-order valence-electron chi connectivity index (χ4n) is 3.96. The SMILES string of the molecule is CC(=O)O/N=C(/C)c1ccc2c(c1)c1cc(/C(C)=N\OC(C)=O)ccc1n2C=Nc1ccc(N(C)C)cc1. The van der Waals surface area contributed by atoms with E-state index in [0.717, 1.165) is 44.3 Å². The summed E-state index contributed by atoms with van der Waals surface area (Å²) in [5, 5.41) is 9.77. The monoisotopic (exact) mass is 511 g/mol. The van der Waals surface area contributed by atoms with Crippen molar-refractivity contribution in [1.82, 2.24) is 4.57 Å². The number of hydrogen-bond donors (Lipinski definition) is 0. The van der Waals surface area contributed by atoms with E-state index in [1.165, 1.54) is 13.8 Å². The molecule has 1 aromatic heterocycles. The van der Waals surface area contributed by atoms with Gasteiger partial charge in [0.25, 0.3) is 0 Å². The lowest BCUT2D eigenvalue weighted by atomic mass is 10.0. The maximum atomic E-state index is 11.2. The third-order valence-electron chi connectivity index (χ3n) is 5.95. The van der Waals surface area contributed by atoms with Gasteiger partial charge in [0.15, 0.2) is 0 Å². The van der Waals surface area contributed by atoms with Crippen molar-refractivity contribution in [3.05, 3.63) is 71.8 Å². The minimum Gasteiger partial charge on any atom is -0.378 e. The molecule has 0 saturated heterocycles. The van der Waals surface area contributed by atoms with Crippen LogP contribution in [0.2, 0.25) is 0 Å². The van der Waals surface area contributed by atoms with Crippen LogP contribution in [-0.4, -0.2) is 48.4 Å². The molecule has 0 unspecified atom stereocenters. The average Bonchev–Trinajstić information content (AvgIpc) is 3.21. The molecule has 38 heavy (non-hydrogen) atoms. The summed E-state index contributed by atoms with van der Waals surface area (Å²) >= 11 is 0. The minimum atomic E-state index is -0.482. The number of fused-ring (bicyclic) bond motifs is 3. The van der Waals surface area contributed by atoms with Crippen LogP contribution in [0.5, 0.6) is 0 Å². The Kier molecular flexibility index (Phi) is 7.66. The van der Waals surface area contributed by atoms with Gasteiger partial charge >= 0.3 is 11.9 Å². The van der Waals surface area contributed by atoms with Gasteiger partial charge < -0.3 is 14.6 Å². The zero-order chi connectivity index (χ0) is 27.4. The van der Waals surface area contributed by atoms with Crippen molar-refractivity contribution in [2.45, 2.75) is 27.7 Å². The molecule has 4 aromatic rings. The number of hydrogen-bond acceptors (Lipinski definition) is 8. The summed E-state index contributed by atoms with van der Waals surface area (Å²) in [7, 11) is 3.99. The molecule has 0 radical (unpaired) electrons. The highest BCUT2D eigenvalue weighted by molar-refractivity contribution is 6.15. The Balaban J connectivity index is 1.86. The van der Waals surface area contributed by atoms with Crippen LogP contribution in [0.3, 0.4) is 0 Å². The topological polar surface area (TPSA) is 97.8 Å². The van der Waals surface area contributed by atoms with Crippen LogP contribution in [0.25, 0.3) is 21.8 Å². The fraction of sp³-hybridized carbons (Fsp3) is 0.207. The third kappa shape index (κ3) is 5.78. The van der Waals surface area contributed by atoms with Crippen molar-refractivity contribution in [2.24, 2.45) is 15.3 Å². The molecule has 1 heterocycles. The molecule has 0 aliphatic carbocycles. The van der Waals surface area contributed by atoms with Gasteiger partial charge in [-0.25, -0.2) is 14.6 Å². The molecular weight excluding hydrogens is 482 g/mol. The Labute approximate surface area is 220 Å². The summed E-state index contributed by atoms with van der Waals surface area (Å²) in [6, 6.07) is 19.8. The van der Waals surface area contributed by atoms with E-state index < -0.39 is 11.9 Å². The number of rotatable bonds is 7. The summed E-state index contributed by atoms with van der Waals surface area (Å²) in [5.74, 6) is -0.965. The van der Waals surface area contributed by atoms with Crippen LogP contribution in [-0.2, 0) is 19.3 Å². The highest BCUT2D eigenvalue weighted by Gasteiger charge is 2.13. The van der Waals surface area contributed by atoms with Gasteiger partial charge in [0.2, 0.25) is 0 Å². The number of aliphatic imine (C=N–C) groups is 1. The Hall–Kier alpha value is -4.79. The summed E-state index contributed by atoms with van der Waals surface area (Å²) < 4.78 is 2.02. The Bertz CT molecular complexity index is 1520. The van der Waals surface area contributed by atoms with E-state index in [1.807, 2.05) is 84.2 Å². The predicted molar refractivity (Wildman–Crippen MR) is 152 cm³/mol. The van der Waals surface area contributed by atoms with E-state index in [1.54, 1.807) is 20.2 Å². The lowest BCUT2D eigenvalue weighted by Crippen LogP contribution is -2.07. The van der Waals surface area contributed by atoms with Crippen molar-refractivity contribution in [1.29, 1.82) is 0 Å². The highest BCUT2D eigenvalue weighted by Crippen LogP contribution is 2.31. The van der Waals surface area contributed by atoms with Crippen LogP contribution in [0, 0.1) is 0 Å². The number of oxime groups is 2. The quantitative estimate of drug-likeness (QED) is 0.138. The number of aromatic nitrogens is 1. The maximum Gasteiger partial charge on any atom is 0.331 e. The first-order valence-corrected chi connectivity index (χ1v) is 12.0. The normalized spacial score (nSPS) is 12.4. The first-order chi connectivity index (χ1) is 18.1. The molecule has 0 amide bonds. The van der Waals surface area contributed by atoms with Gasteiger partial charge in [0.05, 0.1) is 28.1 Å². The van der Waals surface area contributed by atoms with Crippen LogP contribution < -0.4 is 4.90 Å². The van der Waals surface area contributed by atoms with Crippen LogP contribution in [0.1, 0.15) is 38.8 Å². The zero-order valence-electron chi connectivity index (χ0n) is 22.2. The number of carbonyl (C=O) groups excluding carboxylic acids is 2. The number of anilines is 1. The van der Waals surface area contributed by atoms with Gasteiger partial charge in [-0.3, -0.25) is 4.57 Å². The smallest absolute Gasteiger partial charge is 0.331 e. The van der Waals surface area contributed by atoms with Crippen molar-refractivity contribution in [3.8, 4) is 0 Å². The fourth-order valence-corrected chi connectivity index (χ4v) is 3.96. The average molecular weight is 512 g/mol. The summed E-state index contributed by atoms with van der Waals surface area (Å²) in [6.45, 7) is 6.18. The summed E-state index contributed by atoms with van der Waals surface area (Å²) in [4.78, 5) is 38.9. The molecule has 0 spiro atoms. The van der Waals surface area contributed by atoms with Crippen molar-refractivity contribution in [3.63, 3.8) is 0 Å². The second kappa shape index (κ2) is 11.1. The van der Waals surface area contributed by atoms with E-state index in [2.05, 4.69) is 10.3 Å². The van der Waals surface area contributed by atoms with E-state index in [9.17, 15) is 9.59 Å². The first kappa shape index (κ1) is 26.3. The van der Waals surface area contributed by atoms with Crippen molar-refractivity contribution in [2.75, 3.05) is 19.0 Å². The van der Waals surface area contributed by atoms with Crippen LogP contribution >= 0.6 is 0 Å². The van der Waals surface area contributed by atoms with Gasteiger partial charge in [0.1, 0.15) is 6.34 Å². The van der Waals surface area contributed by atoms with Gasteiger partial charge in [-0.05, 0) is 73.5 Å². The highest BCUT2D eigenvalue weighted by atomic mass is 16.7. The van der Waals surface area contributed by atoms with Crippen LogP contribution in [0.4, 0.5) is 11.4 Å². The summed E-state index contributed by atoms with van der Waals surface area (Å²) in [6.07, 6.45) is 1.80. The van der Waals surface area contributed by atoms with E-state index in [-0.39, 0.29) is 0 Å². The van der Waals surface area contributed by atoms with Gasteiger partial charge in [-0.1, -0.05) is 22.4 Å². The van der Waals surface area contributed by atoms with Crippen molar-refractivity contribution < 1.29 is 19.3 Å². The molecule has 0 aliphatic rings. The molecule has 3 aromatic carbocycles. The second-order valence-electron chi connectivity index (χ2n) is 9.01. The molecule has 0 aliphatic heterocycles. The molecule has 9 nitrogen and oxygen atoms in total. The largest absolute Gasteiger partial charge is 0.378 e. The lowest BCUT2D eigenvalue weighted by molar-refractivity contribution is -0.141. The van der Waals surface area contributed by atoms with Crippen molar-refractivity contribution >= 4 is 62.9 Å². The predicted octanol–water partition coefficient (Wildman–Crippen LogP) is 5.64. The van der Waals surface area contributed by atoms with E-state index in [4.69, 9.17) is 14.7 Å². The molecule has 0 N–H and O–H groups in total. The molecule has 194 valence electrons. The number of nitrogens with zero attached hydrogens (tertiary/aromatic N) is 5. The molecule has 0 atom stereocenters. The molecule has 0 saturated carbocycles. The standard InChI is InChI=1S/C29H29N5O4/c1-18(31-37-20(3)35)22-7-13-28-26(15-22)27-16-23(19(2)32-38-21(4)36)8-14-29(27)34(28)17-30-24-9-11-25(12-10-24)33(5)6/h7-17H,1-6H3/b30-17?,31-18-,32-19-. The lowest BCUT2D eigenvalue weighted by Gasteiger charge is -2.11. The molecule has 4 rings (SSSR count). The Morgan fingerprint density at radius 1 is 0.737 bits per heavy atom.